The van der Waals surface area contributed by atoms with Crippen LogP contribution in [0.5, 0.6) is 0 Å². The number of para-hydroxylation sites is 1. The Morgan fingerprint density at radius 3 is 2.59 bits per heavy atom. The molecule has 2 aromatic heterocycles. The Labute approximate surface area is 227 Å². The number of benzene rings is 1. The highest BCUT2D eigenvalue weighted by Gasteiger charge is 2.43. The summed E-state index contributed by atoms with van der Waals surface area (Å²) in [7, 11) is 3.51. The molecule has 3 aromatic rings. The van der Waals surface area contributed by atoms with Gasteiger partial charge in [0.15, 0.2) is 0 Å². The Kier molecular flexibility index (Phi) is 7.99. The van der Waals surface area contributed by atoms with Gasteiger partial charge >= 0.3 is 6.03 Å². The number of carbonyl (C=O) groups is 1. The van der Waals surface area contributed by atoms with Crippen molar-refractivity contribution in [3.8, 4) is 16.9 Å². The van der Waals surface area contributed by atoms with E-state index >= 15 is 0 Å². The van der Waals surface area contributed by atoms with E-state index in [1.165, 1.54) is 0 Å². The summed E-state index contributed by atoms with van der Waals surface area (Å²) in [6.07, 6.45) is 4.42. The molecule has 1 saturated heterocycles. The van der Waals surface area contributed by atoms with Crippen LogP contribution in [-0.4, -0.2) is 75.8 Å². The van der Waals surface area contributed by atoms with Crippen molar-refractivity contribution in [1.29, 1.82) is 0 Å². The molecule has 1 aliphatic heterocycles. The standard InChI is InChI=1S/C28H37F2N7O2/c1-19-25(21-15-31-35(2)16-21)34-37(22-7-5-4-6-8-22)26(19)33-27(38)32-24-18-36(13-14-39-3)17-23(24)20-9-11-28(29,30)12-10-20/h4-8,15-16,20,23-24H,9-14,17-18H2,1-3H3,(H2,32,33,38)/t23-,24+/m0/s1. The first-order valence-corrected chi connectivity index (χ1v) is 13.5. The van der Waals surface area contributed by atoms with E-state index < -0.39 is 5.92 Å². The van der Waals surface area contributed by atoms with Crippen molar-refractivity contribution in [2.45, 2.75) is 44.6 Å². The van der Waals surface area contributed by atoms with Crippen molar-refractivity contribution in [1.82, 2.24) is 29.8 Å². The number of hydrogen-bond acceptors (Lipinski definition) is 5. The molecule has 210 valence electrons. The second-order valence-corrected chi connectivity index (χ2v) is 10.8. The van der Waals surface area contributed by atoms with E-state index in [1.807, 2.05) is 50.5 Å². The lowest BCUT2D eigenvalue weighted by atomic mass is 9.76. The van der Waals surface area contributed by atoms with E-state index in [0.717, 1.165) is 35.6 Å². The molecule has 0 bridgehead atoms. The van der Waals surface area contributed by atoms with Crippen LogP contribution in [0.15, 0.2) is 42.7 Å². The van der Waals surface area contributed by atoms with Gasteiger partial charge in [0.1, 0.15) is 11.5 Å². The van der Waals surface area contributed by atoms with Crippen molar-refractivity contribution in [2.24, 2.45) is 18.9 Å². The van der Waals surface area contributed by atoms with Gasteiger partial charge in [0, 0.05) is 70.0 Å². The zero-order chi connectivity index (χ0) is 27.6. The third kappa shape index (κ3) is 6.14. The first kappa shape index (κ1) is 27.3. The number of likely N-dealkylation sites (tertiary alicyclic amines) is 1. The number of ether oxygens (including phenoxy) is 1. The maximum atomic E-state index is 13.9. The van der Waals surface area contributed by atoms with Gasteiger partial charge in [-0.3, -0.25) is 14.9 Å². The summed E-state index contributed by atoms with van der Waals surface area (Å²) in [6.45, 7) is 4.67. The van der Waals surface area contributed by atoms with Crippen molar-refractivity contribution < 1.29 is 18.3 Å². The van der Waals surface area contributed by atoms with Gasteiger partial charge in [0.25, 0.3) is 0 Å². The Morgan fingerprint density at radius 2 is 1.92 bits per heavy atom. The molecule has 2 fully saturated rings. The van der Waals surface area contributed by atoms with E-state index in [1.54, 1.807) is 22.7 Å². The van der Waals surface area contributed by atoms with Gasteiger partial charge < -0.3 is 10.1 Å². The number of rotatable bonds is 8. The minimum atomic E-state index is -2.58. The topological polar surface area (TPSA) is 89.2 Å². The van der Waals surface area contributed by atoms with Crippen LogP contribution < -0.4 is 10.6 Å². The van der Waals surface area contributed by atoms with E-state index in [4.69, 9.17) is 9.84 Å². The quantitative estimate of drug-likeness (QED) is 0.439. The molecule has 2 amide bonds. The molecule has 11 heteroatoms. The number of aryl methyl sites for hydroxylation is 1. The number of carbonyl (C=O) groups excluding carboxylic acids is 1. The average molecular weight is 542 g/mol. The molecule has 1 aromatic carbocycles. The number of nitrogens with one attached hydrogen (secondary N) is 2. The number of alkyl halides is 2. The second-order valence-electron chi connectivity index (χ2n) is 10.8. The predicted molar refractivity (Wildman–Crippen MR) is 145 cm³/mol. The SMILES string of the molecule is COCCN1C[C@@H](NC(=O)Nc2c(C)c(-c3cnn(C)c3)nn2-c2ccccc2)[C@H](C2CCC(F)(F)CC2)C1. The van der Waals surface area contributed by atoms with Crippen LogP contribution in [0.25, 0.3) is 16.9 Å². The predicted octanol–water partition coefficient (Wildman–Crippen LogP) is 4.48. The van der Waals surface area contributed by atoms with Crippen LogP contribution in [0.4, 0.5) is 19.4 Å². The van der Waals surface area contributed by atoms with Crippen LogP contribution in [0, 0.1) is 18.8 Å². The van der Waals surface area contributed by atoms with Crippen LogP contribution in [0.3, 0.4) is 0 Å². The monoisotopic (exact) mass is 541 g/mol. The van der Waals surface area contributed by atoms with Crippen LogP contribution in [-0.2, 0) is 11.8 Å². The summed E-state index contributed by atoms with van der Waals surface area (Å²) in [5.41, 5.74) is 3.22. The van der Waals surface area contributed by atoms with E-state index in [9.17, 15) is 13.6 Å². The van der Waals surface area contributed by atoms with E-state index in [0.29, 0.717) is 31.8 Å². The first-order valence-electron chi connectivity index (χ1n) is 13.5. The smallest absolute Gasteiger partial charge is 0.320 e. The largest absolute Gasteiger partial charge is 0.383 e. The fraction of sp³-hybridized carbons (Fsp3) is 0.536. The lowest BCUT2D eigenvalue weighted by Gasteiger charge is -2.34. The van der Waals surface area contributed by atoms with Crippen LogP contribution in [0.2, 0.25) is 0 Å². The molecular formula is C28H37F2N7O2. The maximum Gasteiger partial charge on any atom is 0.320 e. The molecule has 2 aliphatic rings. The summed E-state index contributed by atoms with van der Waals surface area (Å²) < 4.78 is 36.5. The van der Waals surface area contributed by atoms with E-state index in [2.05, 4.69) is 20.6 Å². The zero-order valence-electron chi connectivity index (χ0n) is 22.7. The molecule has 9 nitrogen and oxygen atoms in total. The molecule has 0 unspecified atom stereocenters. The van der Waals surface area contributed by atoms with Gasteiger partial charge in [-0.2, -0.15) is 10.2 Å². The lowest BCUT2D eigenvalue weighted by molar-refractivity contribution is -0.0527. The van der Waals surface area contributed by atoms with Crippen LogP contribution >= 0.6 is 0 Å². The van der Waals surface area contributed by atoms with Gasteiger partial charge in [-0.05, 0) is 43.7 Å². The Bertz CT molecular complexity index is 1270. The number of nitrogens with zero attached hydrogens (tertiary/aromatic N) is 5. The Hall–Kier alpha value is -3.31. The highest BCUT2D eigenvalue weighted by Crippen LogP contribution is 2.41. The van der Waals surface area contributed by atoms with Crippen molar-refractivity contribution >= 4 is 11.8 Å². The fourth-order valence-electron chi connectivity index (χ4n) is 5.97. The Morgan fingerprint density at radius 1 is 1.18 bits per heavy atom. The summed E-state index contributed by atoms with van der Waals surface area (Å²) in [5.74, 6) is -1.75. The third-order valence-corrected chi connectivity index (χ3v) is 8.07. The summed E-state index contributed by atoms with van der Waals surface area (Å²) in [4.78, 5) is 15.7. The molecule has 2 atom stereocenters. The van der Waals surface area contributed by atoms with Gasteiger partial charge in [0.05, 0.1) is 18.5 Å². The number of halogens is 2. The van der Waals surface area contributed by atoms with Gasteiger partial charge in [-0.15, -0.1) is 0 Å². The van der Waals surface area contributed by atoms with Gasteiger partial charge in [-0.1, -0.05) is 18.2 Å². The molecule has 2 N–H and O–H groups in total. The highest BCUT2D eigenvalue weighted by molar-refractivity contribution is 5.91. The molecule has 1 saturated carbocycles. The number of methoxy groups -OCH3 is 1. The maximum absolute atomic E-state index is 13.9. The van der Waals surface area contributed by atoms with Crippen molar-refractivity contribution in [3.05, 3.63) is 48.3 Å². The summed E-state index contributed by atoms with van der Waals surface area (Å²) in [5, 5.41) is 15.3. The van der Waals surface area contributed by atoms with Gasteiger partial charge in [-0.25, -0.2) is 18.3 Å². The fourth-order valence-corrected chi connectivity index (χ4v) is 5.97. The van der Waals surface area contributed by atoms with E-state index in [-0.39, 0.29) is 36.8 Å². The normalized spacial score (nSPS) is 21.8. The number of urea groups is 1. The molecular weight excluding hydrogens is 504 g/mol. The number of amides is 2. The van der Waals surface area contributed by atoms with Gasteiger partial charge in [0.2, 0.25) is 5.92 Å². The van der Waals surface area contributed by atoms with Crippen LogP contribution in [0.1, 0.15) is 31.2 Å². The molecule has 39 heavy (non-hydrogen) atoms. The average Bonchev–Trinajstić information content (AvgIpc) is 3.61. The summed E-state index contributed by atoms with van der Waals surface area (Å²) >= 11 is 0. The highest BCUT2D eigenvalue weighted by atomic mass is 19.3. The third-order valence-electron chi connectivity index (χ3n) is 8.07. The molecule has 0 radical (unpaired) electrons. The van der Waals surface area contributed by atoms with Crippen molar-refractivity contribution in [2.75, 3.05) is 38.7 Å². The minimum absolute atomic E-state index is 0.0856. The molecule has 1 aliphatic carbocycles. The van der Waals surface area contributed by atoms with Crippen molar-refractivity contribution in [3.63, 3.8) is 0 Å². The Balaban J connectivity index is 1.37. The zero-order valence-corrected chi connectivity index (χ0v) is 22.7. The number of anilines is 1. The number of aromatic nitrogens is 4. The first-order chi connectivity index (χ1) is 18.7. The second kappa shape index (κ2) is 11.4. The molecule has 5 rings (SSSR count). The number of hydrogen-bond donors (Lipinski definition) is 2. The summed E-state index contributed by atoms with van der Waals surface area (Å²) in [6, 6.07) is 9.15. The lowest BCUT2D eigenvalue weighted by Crippen LogP contribution is -2.46. The minimum Gasteiger partial charge on any atom is -0.383 e. The molecule has 3 heterocycles. The molecule has 0 spiro atoms.